The van der Waals surface area contributed by atoms with Gasteiger partial charge in [-0.25, -0.2) is 9.59 Å². The largest absolute Gasteiger partial charge is 0.396 e. The van der Waals surface area contributed by atoms with Crippen molar-refractivity contribution in [1.29, 1.82) is 0 Å². The van der Waals surface area contributed by atoms with Gasteiger partial charge in [0, 0.05) is 5.92 Å². The van der Waals surface area contributed by atoms with Crippen molar-refractivity contribution in [2.45, 2.75) is 37.8 Å². The molecule has 1 aromatic rings. The Morgan fingerprint density at radius 2 is 2.32 bits per heavy atom. The first-order valence-electron chi connectivity index (χ1n) is 6.69. The molecule has 1 saturated heterocycles. The van der Waals surface area contributed by atoms with Crippen LogP contribution < -0.4 is 17.1 Å². The highest BCUT2D eigenvalue weighted by Crippen LogP contribution is 2.41. The molecule has 0 aliphatic carbocycles. The molecule has 5 atom stereocenters. The molecule has 0 bridgehead atoms. The van der Waals surface area contributed by atoms with Crippen LogP contribution in [0.1, 0.15) is 20.1 Å². The number of hydrogen-bond acceptors (Lipinski definition) is 7. The lowest BCUT2D eigenvalue weighted by Crippen LogP contribution is -2.54. The van der Waals surface area contributed by atoms with Crippen LogP contribution in [0.4, 0.5) is 0 Å². The molecule has 9 nitrogen and oxygen atoms in total. The van der Waals surface area contributed by atoms with E-state index in [1.807, 2.05) is 4.98 Å². The van der Waals surface area contributed by atoms with Gasteiger partial charge in [-0.3, -0.25) is 9.55 Å². The van der Waals surface area contributed by atoms with Crippen molar-refractivity contribution in [2.75, 3.05) is 6.61 Å². The van der Waals surface area contributed by atoms with Gasteiger partial charge in [0.05, 0.1) is 18.8 Å². The molecule has 0 radical (unpaired) electrons. The third-order valence-electron chi connectivity index (χ3n) is 3.72. The molecular weight excluding hydrogens is 292 g/mol. The lowest BCUT2D eigenvalue weighted by molar-refractivity contribution is -0.0706. The average Bonchev–Trinajstić information content (AvgIpc) is 2.72. The first kappa shape index (κ1) is 16.4. The van der Waals surface area contributed by atoms with E-state index in [0.29, 0.717) is 0 Å². The number of aromatic nitrogens is 3. The minimum atomic E-state index is -1.42. The van der Waals surface area contributed by atoms with Crippen molar-refractivity contribution in [1.82, 2.24) is 14.5 Å². The van der Waals surface area contributed by atoms with Crippen LogP contribution in [0, 0.1) is 17.8 Å². The minimum Gasteiger partial charge on any atom is -0.396 e. The van der Waals surface area contributed by atoms with Crippen LogP contribution in [0.25, 0.3) is 0 Å². The Morgan fingerprint density at radius 3 is 2.82 bits per heavy atom. The normalized spacial score (nSPS) is 32.3. The summed E-state index contributed by atoms with van der Waals surface area (Å²) in [5.74, 6) is 4.68. The molecule has 5 N–H and O–H groups in total. The predicted octanol–water partition coefficient (Wildman–Crippen LogP) is -2.46. The molecule has 0 amide bonds. The van der Waals surface area contributed by atoms with E-state index in [1.165, 1.54) is 6.92 Å². The SMILES string of the molecule is CC#CC1(N)C(CO)[C@@H]([C@@H](C)O)O[C@H]1n1cnc(=O)[nH]c1=O. The van der Waals surface area contributed by atoms with Gasteiger partial charge in [-0.05, 0) is 13.8 Å². The van der Waals surface area contributed by atoms with E-state index >= 15 is 0 Å². The number of aliphatic hydroxyl groups is 2. The van der Waals surface area contributed by atoms with Crippen molar-refractivity contribution in [3.8, 4) is 11.8 Å². The zero-order valence-electron chi connectivity index (χ0n) is 12.2. The van der Waals surface area contributed by atoms with Gasteiger partial charge in [0.2, 0.25) is 0 Å². The molecule has 9 heteroatoms. The standard InChI is InChI=1S/C13H18N4O5/c1-3-4-13(14)8(5-18)9(7(2)19)22-10(13)17-6-15-11(20)16-12(17)21/h6-10,18-19H,5,14H2,1-2H3,(H,16,20,21)/t7-,8?,9-,10-,13?/m1/s1. The molecule has 0 spiro atoms. The summed E-state index contributed by atoms with van der Waals surface area (Å²) >= 11 is 0. The first-order chi connectivity index (χ1) is 10.3. The lowest BCUT2D eigenvalue weighted by atomic mass is 9.81. The number of aliphatic hydroxyl groups excluding tert-OH is 2. The Labute approximate surface area is 125 Å². The van der Waals surface area contributed by atoms with E-state index in [0.717, 1.165) is 10.9 Å². The Morgan fingerprint density at radius 1 is 1.64 bits per heavy atom. The Kier molecular flexibility index (Phi) is 4.48. The molecule has 1 aromatic heterocycles. The Bertz CT molecular complexity index is 715. The van der Waals surface area contributed by atoms with Crippen LogP contribution in [0.3, 0.4) is 0 Å². The van der Waals surface area contributed by atoms with E-state index in [4.69, 9.17) is 10.5 Å². The fourth-order valence-corrected chi connectivity index (χ4v) is 2.71. The second-order valence-electron chi connectivity index (χ2n) is 5.18. The number of ether oxygens (including phenoxy) is 1. The molecular formula is C13H18N4O5. The van der Waals surface area contributed by atoms with Crippen molar-refractivity contribution in [3.05, 3.63) is 27.3 Å². The number of nitrogens with two attached hydrogens (primary N) is 1. The minimum absolute atomic E-state index is 0.386. The third kappa shape index (κ3) is 2.57. The van der Waals surface area contributed by atoms with Gasteiger partial charge in [-0.1, -0.05) is 5.92 Å². The van der Waals surface area contributed by atoms with E-state index in [-0.39, 0.29) is 6.61 Å². The smallest absolute Gasteiger partial charge is 0.350 e. The molecule has 2 heterocycles. The second-order valence-corrected chi connectivity index (χ2v) is 5.18. The monoisotopic (exact) mass is 310 g/mol. The maximum atomic E-state index is 11.9. The van der Waals surface area contributed by atoms with Gasteiger partial charge in [0.15, 0.2) is 6.23 Å². The first-order valence-corrected chi connectivity index (χ1v) is 6.69. The molecule has 22 heavy (non-hydrogen) atoms. The topological polar surface area (TPSA) is 143 Å². The summed E-state index contributed by atoms with van der Waals surface area (Å²) in [6.45, 7) is 2.66. The van der Waals surface area contributed by atoms with Crippen LogP contribution in [0.15, 0.2) is 15.9 Å². The van der Waals surface area contributed by atoms with Gasteiger partial charge in [-0.15, -0.1) is 5.92 Å². The van der Waals surface area contributed by atoms with Crippen LogP contribution in [-0.2, 0) is 4.74 Å². The van der Waals surface area contributed by atoms with Crippen LogP contribution >= 0.6 is 0 Å². The van der Waals surface area contributed by atoms with E-state index < -0.39 is 41.3 Å². The number of rotatable bonds is 3. The summed E-state index contributed by atoms with van der Waals surface area (Å²) < 4.78 is 6.66. The molecule has 2 rings (SSSR count). The van der Waals surface area contributed by atoms with Gasteiger partial charge < -0.3 is 20.7 Å². The molecule has 0 saturated carbocycles. The highest BCUT2D eigenvalue weighted by molar-refractivity contribution is 5.24. The van der Waals surface area contributed by atoms with Crippen LogP contribution in [-0.4, -0.2) is 49.1 Å². The van der Waals surface area contributed by atoms with E-state index in [1.54, 1.807) is 6.92 Å². The number of hydrogen-bond donors (Lipinski definition) is 4. The summed E-state index contributed by atoms with van der Waals surface area (Å²) in [4.78, 5) is 28.5. The summed E-state index contributed by atoms with van der Waals surface area (Å²) in [6.07, 6.45) is -1.85. The molecule has 1 aliphatic heterocycles. The highest BCUT2D eigenvalue weighted by atomic mass is 16.5. The van der Waals surface area contributed by atoms with Crippen LogP contribution in [0.2, 0.25) is 0 Å². The predicted molar refractivity (Wildman–Crippen MR) is 75.7 cm³/mol. The van der Waals surface area contributed by atoms with Gasteiger partial charge >= 0.3 is 11.4 Å². The van der Waals surface area contributed by atoms with E-state index in [9.17, 15) is 19.8 Å². The fraction of sp³-hybridized carbons (Fsp3) is 0.615. The number of nitrogens with zero attached hydrogens (tertiary/aromatic N) is 2. The Hall–Kier alpha value is -1.99. The van der Waals surface area contributed by atoms with Crippen molar-refractivity contribution >= 4 is 0 Å². The average molecular weight is 310 g/mol. The third-order valence-corrected chi connectivity index (χ3v) is 3.72. The zero-order chi connectivity index (χ0) is 16.5. The number of H-pyrrole nitrogens is 1. The van der Waals surface area contributed by atoms with Gasteiger partial charge in [0.1, 0.15) is 11.9 Å². The van der Waals surface area contributed by atoms with Crippen LogP contribution in [0.5, 0.6) is 0 Å². The van der Waals surface area contributed by atoms with Gasteiger partial charge in [-0.2, -0.15) is 4.98 Å². The van der Waals surface area contributed by atoms with Crippen molar-refractivity contribution < 1.29 is 14.9 Å². The summed E-state index contributed by atoms with van der Waals surface area (Å²) in [7, 11) is 0. The van der Waals surface area contributed by atoms with E-state index in [2.05, 4.69) is 16.8 Å². The van der Waals surface area contributed by atoms with Crippen molar-refractivity contribution in [3.63, 3.8) is 0 Å². The fourth-order valence-electron chi connectivity index (χ4n) is 2.71. The maximum Gasteiger partial charge on any atom is 0.350 e. The highest BCUT2D eigenvalue weighted by Gasteiger charge is 2.55. The Balaban J connectivity index is 2.59. The summed E-state index contributed by atoms with van der Waals surface area (Å²) in [5, 5.41) is 19.5. The summed E-state index contributed by atoms with van der Waals surface area (Å²) in [5.41, 5.74) is 3.30. The zero-order valence-corrected chi connectivity index (χ0v) is 12.2. The maximum absolute atomic E-state index is 11.9. The number of aromatic amines is 1. The molecule has 0 aromatic carbocycles. The quantitative estimate of drug-likeness (QED) is 0.453. The summed E-state index contributed by atoms with van der Waals surface area (Å²) in [6, 6.07) is 0. The molecule has 1 aliphatic rings. The molecule has 1 fully saturated rings. The molecule has 120 valence electrons. The van der Waals surface area contributed by atoms with Crippen molar-refractivity contribution in [2.24, 2.45) is 11.7 Å². The second kappa shape index (κ2) is 6.02. The number of nitrogens with one attached hydrogen (secondary N) is 1. The lowest BCUT2D eigenvalue weighted by Gasteiger charge is -2.29. The van der Waals surface area contributed by atoms with Gasteiger partial charge in [0.25, 0.3) is 0 Å². The molecule has 2 unspecified atom stereocenters.